The Morgan fingerprint density at radius 2 is 1.96 bits per heavy atom. The summed E-state index contributed by atoms with van der Waals surface area (Å²) in [6.45, 7) is 0.306. The van der Waals surface area contributed by atoms with Gasteiger partial charge >= 0.3 is 5.97 Å². The Labute approximate surface area is 155 Å². The van der Waals surface area contributed by atoms with Crippen molar-refractivity contribution < 1.29 is 23.5 Å². The first-order valence-corrected chi connectivity index (χ1v) is 8.52. The predicted molar refractivity (Wildman–Crippen MR) is 98.5 cm³/mol. The van der Waals surface area contributed by atoms with Gasteiger partial charge in [0.15, 0.2) is 5.58 Å². The molecular formula is C20H18N2O5. The first-order valence-electron chi connectivity index (χ1n) is 8.52. The molecule has 1 atom stereocenters. The SMILES string of the molecule is COC(=O)[C@H]1CC(=O)N(c2ccc3oc(-c4ccc(OC)cc4)nc3c2)C1. The lowest BCUT2D eigenvalue weighted by atomic mass is 10.1. The fourth-order valence-corrected chi connectivity index (χ4v) is 3.22. The maximum atomic E-state index is 12.3. The van der Waals surface area contributed by atoms with Gasteiger partial charge in [-0.1, -0.05) is 0 Å². The quantitative estimate of drug-likeness (QED) is 0.660. The molecule has 1 aliphatic heterocycles. The molecule has 0 saturated carbocycles. The molecular weight excluding hydrogens is 348 g/mol. The van der Waals surface area contributed by atoms with Crippen molar-refractivity contribution in [2.75, 3.05) is 25.7 Å². The van der Waals surface area contributed by atoms with E-state index in [9.17, 15) is 9.59 Å². The molecule has 7 nitrogen and oxygen atoms in total. The number of anilines is 1. The van der Waals surface area contributed by atoms with Crippen molar-refractivity contribution in [1.29, 1.82) is 0 Å². The van der Waals surface area contributed by atoms with Crippen LogP contribution >= 0.6 is 0 Å². The molecule has 138 valence electrons. The molecule has 0 unspecified atom stereocenters. The number of methoxy groups -OCH3 is 2. The molecule has 1 amide bonds. The van der Waals surface area contributed by atoms with Crippen LogP contribution in [0, 0.1) is 5.92 Å². The zero-order valence-corrected chi connectivity index (χ0v) is 15.0. The van der Waals surface area contributed by atoms with E-state index in [1.165, 1.54) is 7.11 Å². The summed E-state index contributed by atoms with van der Waals surface area (Å²) in [7, 11) is 2.94. The lowest BCUT2D eigenvalue weighted by Gasteiger charge is -2.16. The maximum Gasteiger partial charge on any atom is 0.311 e. The van der Waals surface area contributed by atoms with Gasteiger partial charge in [0.05, 0.1) is 20.1 Å². The Morgan fingerprint density at radius 3 is 2.67 bits per heavy atom. The maximum absolute atomic E-state index is 12.3. The highest BCUT2D eigenvalue weighted by Crippen LogP contribution is 2.31. The summed E-state index contributed by atoms with van der Waals surface area (Å²) in [5, 5.41) is 0. The summed E-state index contributed by atoms with van der Waals surface area (Å²) in [4.78, 5) is 30.1. The second-order valence-corrected chi connectivity index (χ2v) is 6.33. The molecule has 1 saturated heterocycles. The fraction of sp³-hybridized carbons (Fsp3) is 0.250. The van der Waals surface area contributed by atoms with E-state index in [2.05, 4.69) is 4.98 Å². The van der Waals surface area contributed by atoms with E-state index in [1.807, 2.05) is 24.3 Å². The van der Waals surface area contributed by atoms with Crippen LogP contribution in [0.15, 0.2) is 46.9 Å². The molecule has 0 radical (unpaired) electrons. The average Bonchev–Trinajstić information content (AvgIpc) is 3.30. The van der Waals surface area contributed by atoms with Crippen molar-refractivity contribution in [3.8, 4) is 17.2 Å². The lowest BCUT2D eigenvalue weighted by molar-refractivity contribution is -0.145. The van der Waals surface area contributed by atoms with Crippen LogP contribution in [0.25, 0.3) is 22.6 Å². The fourth-order valence-electron chi connectivity index (χ4n) is 3.22. The number of carbonyl (C=O) groups is 2. The number of nitrogens with zero attached hydrogens (tertiary/aromatic N) is 2. The Balaban J connectivity index is 1.63. The third-order valence-corrected chi connectivity index (χ3v) is 4.68. The number of rotatable bonds is 4. The topological polar surface area (TPSA) is 81.9 Å². The minimum Gasteiger partial charge on any atom is -0.497 e. The van der Waals surface area contributed by atoms with Crippen LogP contribution in [0.4, 0.5) is 5.69 Å². The minimum atomic E-state index is -0.439. The van der Waals surface area contributed by atoms with Crippen molar-refractivity contribution in [2.24, 2.45) is 5.92 Å². The molecule has 2 heterocycles. The number of benzene rings is 2. The zero-order valence-electron chi connectivity index (χ0n) is 15.0. The van der Waals surface area contributed by atoms with Gasteiger partial charge in [0.25, 0.3) is 0 Å². The second kappa shape index (κ2) is 6.75. The smallest absolute Gasteiger partial charge is 0.311 e. The van der Waals surface area contributed by atoms with Crippen LogP contribution in [-0.2, 0) is 14.3 Å². The summed E-state index contributed by atoms with van der Waals surface area (Å²) < 4.78 is 15.7. The van der Waals surface area contributed by atoms with Crippen molar-refractivity contribution >= 4 is 28.7 Å². The number of hydrogen-bond donors (Lipinski definition) is 0. The monoisotopic (exact) mass is 366 g/mol. The summed E-state index contributed by atoms with van der Waals surface area (Å²) >= 11 is 0. The third kappa shape index (κ3) is 3.12. The molecule has 2 aromatic carbocycles. The molecule has 4 rings (SSSR count). The number of ether oxygens (including phenoxy) is 2. The van der Waals surface area contributed by atoms with E-state index in [0.717, 1.165) is 11.3 Å². The number of carbonyl (C=O) groups excluding carboxylic acids is 2. The molecule has 0 bridgehead atoms. The van der Waals surface area contributed by atoms with Gasteiger partial charge in [-0.05, 0) is 42.5 Å². The Bertz CT molecular complexity index is 1010. The first-order chi connectivity index (χ1) is 13.1. The Kier molecular flexibility index (Phi) is 4.27. The molecule has 1 fully saturated rings. The highest BCUT2D eigenvalue weighted by Gasteiger charge is 2.36. The third-order valence-electron chi connectivity index (χ3n) is 4.68. The summed E-state index contributed by atoms with van der Waals surface area (Å²) in [5.74, 6) is 0.332. The number of hydrogen-bond acceptors (Lipinski definition) is 6. The first kappa shape index (κ1) is 17.1. The van der Waals surface area contributed by atoms with Gasteiger partial charge in [-0.25, -0.2) is 4.98 Å². The van der Waals surface area contributed by atoms with Gasteiger partial charge in [0.2, 0.25) is 11.8 Å². The van der Waals surface area contributed by atoms with Crippen LogP contribution in [0.2, 0.25) is 0 Å². The lowest BCUT2D eigenvalue weighted by Crippen LogP contribution is -2.26. The van der Waals surface area contributed by atoms with E-state index in [1.54, 1.807) is 30.2 Å². The number of aromatic nitrogens is 1. The van der Waals surface area contributed by atoms with E-state index in [-0.39, 0.29) is 18.3 Å². The van der Waals surface area contributed by atoms with Gasteiger partial charge in [0, 0.05) is 24.2 Å². The van der Waals surface area contributed by atoms with Crippen LogP contribution in [0.1, 0.15) is 6.42 Å². The molecule has 1 aromatic heterocycles. The van der Waals surface area contributed by atoms with Crippen LogP contribution in [0.5, 0.6) is 5.75 Å². The van der Waals surface area contributed by atoms with Crippen LogP contribution in [-0.4, -0.2) is 37.6 Å². The highest BCUT2D eigenvalue weighted by molar-refractivity contribution is 6.00. The molecule has 0 aliphatic carbocycles. The Hall–Kier alpha value is -3.35. The number of esters is 1. The average molecular weight is 366 g/mol. The van der Waals surface area contributed by atoms with Gasteiger partial charge in [-0.15, -0.1) is 0 Å². The van der Waals surface area contributed by atoms with Crippen molar-refractivity contribution in [3.05, 3.63) is 42.5 Å². The summed E-state index contributed by atoms with van der Waals surface area (Å²) in [5.41, 5.74) is 2.79. The van der Waals surface area contributed by atoms with E-state index >= 15 is 0 Å². The highest BCUT2D eigenvalue weighted by atomic mass is 16.5. The van der Waals surface area contributed by atoms with Gasteiger partial charge in [-0.2, -0.15) is 0 Å². The minimum absolute atomic E-state index is 0.108. The molecule has 27 heavy (non-hydrogen) atoms. The molecule has 0 N–H and O–H groups in total. The standard InChI is InChI=1S/C20H18N2O5/c1-25-15-6-3-12(4-7-15)19-21-16-10-14(5-8-17(16)27-19)22-11-13(9-18(22)23)20(24)26-2/h3-8,10,13H,9,11H2,1-2H3/t13-/m0/s1. The van der Waals surface area contributed by atoms with Crippen LogP contribution < -0.4 is 9.64 Å². The van der Waals surface area contributed by atoms with E-state index in [4.69, 9.17) is 13.9 Å². The zero-order chi connectivity index (χ0) is 19.0. The number of oxazole rings is 1. The largest absolute Gasteiger partial charge is 0.497 e. The molecule has 1 aliphatic rings. The van der Waals surface area contributed by atoms with Crippen molar-refractivity contribution in [1.82, 2.24) is 4.98 Å². The molecule has 3 aromatic rings. The van der Waals surface area contributed by atoms with Gasteiger partial charge < -0.3 is 18.8 Å². The molecule has 7 heteroatoms. The van der Waals surface area contributed by atoms with Gasteiger partial charge in [-0.3, -0.25) is 9.59 Å². The van der Waals surface area contributed by atoms with Crippen LogP contribution in [0.3, 0.4) is 0 Å². The number of fused-ring (bicyclic) bond motifs is 1. The number of amides is 1. The van der Waals surface area contributed by atoms with Crippen molar-refractivity contribution in [2.45, 2.75) is 6.42 Å². The van der Waals surface area contributed by atoms with E-state index < -0.39 is 5.92 Å². The van der Waals surface area contributed by atoms with Crippen molar-refractivity contribution in [3.63, 3.8) is 0 Å². The summed E-state index contributed by atoms with van der Waals surface area (Å²) in [6, 6.07) is 12.8. The molecule has 0 spiro atoms. The normalized spacial score (nSPS) is 16.7. The predicted octanol–water partition coefficient (Wildman–Crippen LogP) is 3.03. The van der Waals surface area contributed by atoms with Gasteiger partial charge in [0.1, 0.15) is 11.3 Å². The Morgan fingerprint density at radius 1 is 1.19 bits per heavy atom. The second-order valence-electron chi connectivity index (χ2n) is 6.33. The van der Waals surface area contributed by atoms with E-state index in [0.29, 0.717) is 29.2 Å². The summed E-state index contributed by atoms with van der Waals surface area (Å²) in [6.07, 6.45) is 0.153.